The number of hydrogen-bond donors (Lipinski definition) is 5. The number of hydrogen-bond acceptors (Lipinski definition) is 4. The average Bonchev–Trinajstić information content (AvgIpc) is 2.27. The number of aliphatic hydroxyl groups excluding tert-OH is 3. The monoisotopic (exact) mass is 162 g/mol. The second kappa shape index (κ2) is 2.65. The minimum Gasteiger partial charge on any atom is -0.394 e. The number of rotatable bonds is 2. The number of amides is 2. The molecule has 0 saturated carbocycles. The van der Waals surface area contributed by atoms with E-state index in [1.807, 2.05) is 0 Å². The minimum absolute atomic E-state index is 0.511. The molecule has 1 heterocycles. The Morgan fingerprint density at radius 2 is 2.00 bits per heavy atom. The van der Waals surface area contributed by atoms with Gasteiger partial charge in [0.05, 0.1) is 13.2 Å². The molecule has 1 aliphatic rings. The highest BCUT2D eigenvalue weighted by Crippen LogP contribution is 2.12. The van der Waals surface area contributed by atoms with Gasteiger partial charge in [-0.2, -0.15) is 0 Å². The van der Waals surface area contributed by atoms with Gasteiger partial charge in [-0.3, -0.25) is 0 Å². The second-order valence-corrected chi connectivity index (χ2v) is 2.47. The summed E-state index contributed by atoms with van der Waals surface area (Å²) in [4.78, 5) is 10.6. The van der Waals surface area contributed by atoms with Crippen LogP contribution in [0.25, 0.3) is 0 Å². The summed E-state index contributed by atoms with van der Waals surface area (Å²) in [7, 11) is 0. The molecule has 6 nitrogen and oxygen atoms in total. The highest BCUT2D eigenvalue weighted by Gasteiger charge is 2.44. The Kier molecular flexibility index (Phi) is 1.99. The zero-order valence-electron chi connectivity index (χ0n) is 5.74. The maximum absolute atomic E-state index is 10.6. The van der Waals surface area contributed by atoms with Crippen LogP contribution >= 0.6 is 0 Å². The van der Waals surface area contributed by atoms with E-state index >= 15 is 0 Å². The quantitative estimate of drug-likeness (QED) is 0.306. The van der Waals surface area contributed by atoms with Crippen LogP contribution in [0.4, 0.5) is 4.79 Å². The van der Waals surface area contributed by atoms with E-state index in [0.29, 0.717) is 0 Å². The van der Waals surface area contributed by atoms with Crippen LogP contribution in [0, 0.1) is 0 Å². The lowest BCUT2D eigenvalue weighted by Gasteiger charge is -2.25. The molecule has 0 aromatic rings. The minimum atomic E-state index is -1.34. The average molecular weight is 162 g/mol. The summed E-state index contributed by atoms with van der Waals surface area (Å²) in [5, 5.41) is 30.9. The zero-order valence-corrected chi connectivity index (χ0v) is 5.74. The number of carbonyl (C=O) groups excluding carboxylic acids is 1. The zero-order chi connectivity index (χ0) is 8.48. The second-order valence-electron chi connectivity index (χ2n) is 2.47. The molecule has 0 aliphatic carbocycles. The fourth-order valence-corrected chi connectivity index (χ4v) is 0.895. The van der Waals surface area contributed by atoms with Crippen molar-refractivity contribution in [2.45, 2.75) is 11.8 Å². The van der Waals surface area contributed by atoms with Crippen LogP contribution in [0.1, 0.15) is 0 Å². The highest BCUT2D eigenvalue weighted by atomic mass is 16.3. The van der Waals surface area contributed by atoms with Gasteiger partial charge in [0.2, 0.25) is 0 Å². The molecule has 1 atom stereocenters. The van der Waals surface area contributed by atoms with Gasteiger partial charge in [0, 0.05) is 0 Å². The molecule has 0 radical (unpaired) electrons. The Hall–Kier alpha value is -0.850. The van der Waals surface area contributed by atoms with Gasteiger partial charge in [-0.15, -0.1) is 0 Å². The van der Waals surface area contributed by atoms with E-state index in [1.54, 1.807) is 0 Å². The predicted octanol–water partition coefficient (Wildman–Crippen LogP) is -2.66. The van der Waals surface area contributed by atoms with Crippen LogP contribution < -0.4 is 10.6 Å². The molecule has 11 heavy (non-hydrogen) atoms. The third-order valence-corrected chi connectivity index (χ3v) is 1.72. The van der Waals surface area contributed by atoms with Crippen molar-refractivity contribution >= 4 is 6.03 Å². The van der Waals surface area contributed by atoms with Gasteiger partial charge in [-0.1, -0.05) is 0 Å². The molecule has 2 amide bonds. The fraction of sp³-hybridized carbons (Fsp3) is 0.800. The summed E-state index contributed by atoms with van der Waals surface area (Å²) in [6.07, 6.45) is -1.25. The summed E-state index contributed by atoms with van der Waals surface area (Å²) in [5.74, 6) is 0. The lowest BCUT2D eigenvalue weighted by atomic mass is 10.0. The maximum Gasteiger partial charge on any atom is 0.317 e. The predicted molar refractivity (Wildman–Crippen MR) is 34.6 cm³/mol. The number of aliphatic hydroxyl groups is 3. The van der Waals surface area contributed by atoms with Gasteiger partial charge < -0.3 is 26.0 Å². The van der Waals surface area contributed by atoms with Crippen LogP contribution in [0.2, 0.25) is 0 Å². The van der Waals surface area contributed by atoms with Gasteiger partial charge in [0.25, 0.3) is 0 Å². The first-order valence-electron chi connectivity index (χ1n) is 3.13. The largest absolute Gasteiger partial charge is 0.394 e. The van der Waals surface area contributed by atoms with Crippen LogP contribution in [0.5, 0.6) is 0 Å². The molecular formula is C5H10N2O4. The van der Waals surface area contributed by atoms with Crippen LogP contribution in [-0.2, 0) is 0 Å². The number of urea groups is 1. The molecule has 1 saturated heterocycles. The van der Waals surface area contributed by atoms with Crippen molar-refractivity contribution in [2.24, 2.45) is 0 Å². The van der Waals surface area contributed by atoms with Crippen molar-refractivity contribution in [3.8, 4) is 0 Å². The van der Waals surface area contributed by atoms with Gasteiger partial charge in [-0.05, 0) is 0 Å². The Morgan fingerprint density at radius 1 is 1.45 bits per heavy atom. The first-order chi connectivity index (χ1) is 5.14. The van der Waals surface area contributed by atoms with Crippen LogP contribution in [0.15, 0.2) is 0 Å². The van der Waals surface area contributed by atoms with Gasteiger partial charge in [-0.25, -0.2) is 4.79 Å². The molecule has 0 aromatic carbocycles. The van der Waals surface area contributed by atoms with Gasteiger partial charge in [0.15, 0.2) is 6.23 Å². The normalized spacial score (nSPS) is 27.9. The summed E-state index contributed by atoms with van der Waals surface area (Å²) in [5.41, 5.74) is -1.34. The van der Waals surface area contributed by atoms with Crippen molar-refractivity contribution in [1.82, 2.24) is 10.6 Å². The molecular weight excluding hydrogens is 152 g/mol. The molecule has 1 fully saturated rings. The SMILES string of the molecule is O=C1NC(O)C(CO)(CO)N1. The number of nitrogens with one attached hydrogen (secondary N) is 2. The van der Waals surface area contributed by atoms with Crippen LogP contribution in [-0.4, -0.2) is 46.3 Å². The fourth-order valence-electron chi connectivity index (χ4n) is 0.895. The lowest BCUT2D eigenvalue weighted by molar-refractivity contribution is 0.00554. The lowest BCUT2D eigenvalue weighted by Crippen LogP contribution is -2.55. The van der Waals surface area contributed by atoms with Crippen molar-refractivity contribution in [3.05, 3.63) is 0 Å². The Balaban J connectivity index is 2.75. The third-order valence-electron chi connectivity index (χ3n) is 1.72. The molecule has 0 spiro atoms. The molecule has 1 rings (SSSR count). The summed E-state index contributed by atoms with van der Waals surface area (Å²) in [6.45, 7) is -1.02. The summed E-state index contributed by atoms with van der Waals surface area (Å²) >= 11 is 0. The van der Waals surface area contributed by atoms with E-state index in [1.165, 1.54) is 0 Å². The van der Waals surface area contributed by atoms with E-state index in [2.05, 4.69) is 10.6 Å². The van der Waals surface area contributed by atoms with E-state index < -0.39 is 31.0 Å². The smallest absolute Gasteiger partial charge is 0.317 e. The third kappa shape index (κ3) is 1.15. The Morgan fingerprint density at radius 3 is 2.18 bits per heavy atom. The van der Waals surface area contributed by atoms with Crippen LogP contribution in [0.3, 0.4) is 0 Å². The maximum atomic E-state index is 10.6. The molecule has 6 heteroatoms. The Labute approximate surface area is 62.8 Å². The molecule has 1 unspecified atom stereocenters. The first kappa shape index (κ1) is 8.25. The molecule has 5 N–H and O–H groups in total. The molecule has 1 aliphatic heterocycles. The van der Waals surface area contributed by atoms with E-state index in [-0.39, 0.29) is 0 Å². The van der Waals surface area contributed by atoms with Gasteiger partial charge >= 0.3 is 6.03 Å². The van der Waals surface area contributed by atoms with Crippen molar-refractivity contribution in [2.75, 3.05) is 13.2 Å². The Bertz CT molecular complexity index is 168. The van der Waals surface area contributed by atoms with E-state index in [4.69, 9.17) is 15.3 Å². The van der Waals surface area contributed by atoms with Gasteiger partial charge in [0.1, 0.15) is 5.54 Å². The standard InChI is InChI=1S/C5H10N2O4/c8-1-5(2-9)3(10)6-4(11)7-5/h3,8-10H,1-2H2,(H2,6,7,11). The molecule has 64 valence electrons. The number of carbonyl (C=O) groups is 1. The highest BCUT2D eigenvalue weighted by molar-refractivity contribution is 5.78. The molecule has 0 bridgehead atoms. The first-order valence-corrected chi connectivity index (χ1v) is 3.13. The summed E-state index contributed by atoms with van der Waals surface area (Å²) in [6, 6.07) is -0.597. The summed E-state index contributed by atoms with van der Waals surface area (Å²) < 4.78 is 0. The van der Waals surface area contributed by atoms with E-state index in [0.717, 1.165) is 0 Å². The van der Waals surface area contributed by atoms with E-state index in [9.17, 15) is 4.79 Å². The van der Waals surface area contributed by atoms with Crippen molar-refractivity contribution in [1.29, 1.82) is 0 Å². The van der Waals surface area contributed by atoms with Crippen molar-refractivity contribution in [3.63, 3.8) is 0 Å². The van der Waals surface area contributed by atoms with Crippen molar-refractivity contribution < 1.29 is 20.1 Å². The topological polar surface area (TPSA) is 102 Å². The molecule has 0 aromatic heterocycles.